The molecule has 2 bridgehead atoms. The third kappa shape index (κ3) is 2.57. The predicted molar refractivity (Wildman–Crippen MR) is 78.9 cm³/mol. The summed E-state index contributed by atoms with van der Waals surface area (Å²) in [4.78, 5) is 34.2. The number of benzene rings is 1. The first kappa shape index (κ1) is 15.2. The number of anilines is 1. The number of aliphatic carboxylic acids is 1. The number of hydrogen-bond acceptors (Lipinski definition) is 5. The molecule has 0 radical (unpaired) electrons. The van der Waals surface area contributed by atoms with E-state index in [0.29, 0.717) is 5.56 Å². The van der Waals surface area contributed by atoms with Crippen LogP contribution in [0.25, 0.3) is 0 Å². The highest BCUT2D eigenvalue weighted by molar-refractivity contribution is 5.97. The summed E-state index contributed by atoms with van der Waals surface area (Å²) in [7, 11) is 0. The van der Waals surface area contributed by atoms with E-state index in [1.54, 1.807) is 25.1 Å². The molecule has 8 heteroatoms. The van der Waals surface area contributed by atoms with Crippen LogP contribution in [0, 0.1) is 28.9 Å². The molecule has 0 unspecified atom stereocenters. The van der Waals surface area contributed by atoms with Crippen LogP contribution in [0.2, 0.25) is 0 Å². The topological polar surface area (TPSA) is 119 Å². The van der Waals surface area contributed by atoms with E-state index in [1.165, 1.54) is 12.1 Å². The summed E-state index contributed by atoms with van der Waals surface area (Å²) in [5, 5.41) is 22.8. The Kier molecular flexibility index (Phi) is 3.61. The van der Waals surface area contributed by atoms with Crippen molar-refractivity contribution >= 4 is 23.3 Å². The number of carboxylic acid groups (broad SMARTS) is 1. The van der Waals surface area contributed by atoms with Crippen molar-refractivity contribution in [2.45, 2.75) is 19.1 Å². The normalized spacial score (nSPS) is 27.9. The maximum Gasteiger partial charge on any atom is 0.310 e. The Morgan fingerprint density at radius 3 is 2.52 bits per heavy atom. The van der Waals surface area contributed by atoms with Crippen molar-refractivity contribution in [1.82, 2.24) is 0 Å². The molecule has 2 aliphatic rings. The molecule has 2 aliphatic heterocycles. The van der Waals surface area contributed by atoms with E-state index < -0.39 is 40.8 Å². The van der Waals surface area contributed by atoms with Gasteiger partial charge < -0.3 is 15.2 Å². The Labute approximate surface area is 130 Å². The van der Waals surface area contributed by atoms with Gasteiger partial charge in [0.1, 0.15) is 5.92 Å². The molecule has 1 saturated heterocycles. The first-order valence-corrected chi connectivity index (χ1v) is 7.01. The number of nitro groups is 1. The van der Waals surface area contributed by atoms with Crippen molar-refractivity contribution in [3.8, 4) is 0 Å². The van der Waals surface area contributed by atoms with Crippen LogP contribution in [-0.4, -0.2) is 34.1 Å². The van der Waals surface area contributed by atoms with Gasteiger partial charge in [-0.3, -0.25) is 19.7 Å². The Balaban J connectivity index is 1.82. The minimum absolute atomic E-state index is 0.110. The van der Waals surface area contributed by atoms with Crippen molar-refractivity contribution in [3.05, 3.63) is 46.0 Å². The van der Waals surface area contributed by atoms with Crippen LogP contribution in [0.15, 0.2) is 30.4 Å². The predicted octanol–water partition coefficient (Wildman–Crippen LogP) is 1.50. The lowest BCUT2D eigenvalue weighted by atomic mass is 9.82. The number of nitro benzene ring substituents is 1. The molecular formula is C15H14N2O6. The summed E-state index contributed by atoms with van der Waals surface area (Å²) >= 11 is 0. The average molecular weight is 318 g/mol. The molecule has 4 atom stereocenters. The van der Waals surface area contributed by atoms with Crippen LogP contribution in [0.4, 0.5) is 11.4 Å². The second kappa shape index (κ2) is 5.47. The van der Waals surface area contributed by atoms with E-state index in [2.05, 4.69) is 5.32 Å². The number of nitrogens with one attached hydrogen (secondary N) is 1. The van der Waals surface area contributed by atoms with Gasteiger partial charge in [0.25, 0.3) is 5.69 Å². The number of nitrogens with zero attached hydrogens (tertiary/aromatic N) is 1. The van der Waals surface area contributed by atoms with E-state index in [9.17, 15) is 24.8 Å². The first-order valence-electron chi connectivity index (χ1n) is 7.01. The Hall–Kier alpha value is -2.74. The number of aryl methyl sites for hydroxylation is 1. The molecule has 0 aromatic heterocycles. The lowest BCUT2D eigenvalue weighted by Crippen LogP contribution is -2.39. The number of carbonyl (C=O) groups is 2. The second-order valence-electron chi connectivity index (χ2n) is 5.59. The van der Waals surface area contributed by atoms with Gasteiger partial charge in [-0.2, -0.15) is 0 Å². The molecular weight excluding hydrogens is 304 g/mol. The zero-order valence-electron chi connectivity index (χ0n) is 12.1. The van der Waals surface area contributed by atoms with Crippen molar-refractivity contribution in [2.24, 2.45) is 11.8 Å². The van der Waals surface area contributed by atoms with Gasteiger partial charge in [0.05, 0.1) is 23.0 Å². The number of amides is 1. The maximum atomic E-state index is 12.4. The second-order valence-corrected chi connectivity index (χ2v) is 5.59. The molecule has 0 saturated carbocycles. The molecule has 120 valence electrons. The standard InChI is InChI=1S/C15H14N2O6/c1-7-2-3-8(6-9(7)17(21)22)16-14(18)12-10-4-5-11(23-10)13(12)15(19)20/h2-6,10-13H,1H3,(H,16,18)(H,19,20)/t10-,11-,12+,13-/m1/s1. The van der Waals surface area contributed by atoms with Gasteiger partial charge in [-0.1, -0.05) is 18.2 Å². The number of carboxylic acids is 1. The highest BCUT2D eigenvalue weighted by Gasteiger charge is 2.53. The zero-order valence-corrected chi connectivity index (χ0v) is 12.1. The van der Waals surface area contributed by atoms with Crippen LogP contribution in [-0.2, 0) is 14.3 Å². The summed E-state index contributed by atoms with van der Waals surface area (Å²) in [6, 6.07) is 4.33. The molecule has 3 rings (SSSR count). The number of hydrogen-bond donors (Lipinski definition) is 2. The molecule has 2 N–H and O–H groups in total. The third-order valence-corrected chi connectivity index (χ3v) is 4.16. The van der Waals surface area contributed by atoms with E-state index in [0.717, 1.165) is 0 Å². The lowest BCUT2D eigenvalue weighted by Gasteiger charge is -2.21. The number of fused-ring (bicyclic) bond motifs is 2. The number of carbonyl (C=O) groups excluding carboxylic acids is 1. The van der Waals surface area contributed by atoms with E-state index in [1.807, 2.05) is 0 Å². The molecule has 1 aromatic carbocycles. The van der Waals surface area contributed by atoms with Gasteiger partial charge in [0.15, 0.2) is 0 Å². The lowest BCUT2D eigenvalue weighted by molar-refractivity contribution is -0.385. The highest BCUT2D eigenvalue weighted by Crippen LogP contribution is 2.40. The average Bonchev–Trinajstić information content (AvgIpc) is 3.09. The fourth-order valence-electron chi connectivity index (χ4n) is 3.02. The largest absolute Gasteiger partial charge is 0.481 e. The van der Waals surface area contributed by atoms with E-state index >= 15 is 0 Å². The maximum absolute atomic E-state index is 12.4. The van der Waals surface area contributed by atoms with Crippen LogP contribution in [0.3, 0.4) is 0 Å². The van der Waals surface area contributed by atoms with Gasteiger partial charge in [0, 0.05) is 17.3 Å². The summed E-state index contributed by atoms with van der Waals surface area (Å²) in [6.07, 6.45) is 2.12. The fourth-order valence-corrected chi connectivity index (χ4v) is 3.02. The summed E-state index contributed by atoms with van der Waals surface area (Å²) < 4.78 is 5.44. The van der Waals surface area contributed by atoms with Gasteiger partial charge in [-0.05, 0) is 13.0 Å². The van der Waals surface area contributed by atoms with Crippen LogP contribution in [0.5, 0.6) is 0 Å². The van der Waals surface area contributed by atoms with Gasteiger partial charge in [-0.25, -0.2) is 0 Å². The monoisotopic (exact) mass is 318 g/mol. The smallest absolute Gasteiger partial charge is 0.310 e. The van der Waals surface area contributed by atoms with Crippen molar-refractivity contribution in [2.75, 3.05) is 5.32 Å². The Bertz CT molecular complexity index is 729. The van der Waals surface area contributed by atoms with Crippen molar-refractivity contribution in [1.29, 1.82) is 0 Å². The SMILES string of the molecule is Cc1ccc(NC(=O)[C@@H]2[C@H](C(=O)O)[C@H]3C=C[C@H]2O3)cc1[N+](=O)[O-]. The van der Waals surface area contributed by atoms with Crippen LogP contribution >= 0.6 is 0 Å². The highest BCUT2D eigenvalue weighted by atomic mass is 16.6. The summed E-state index contributed by atoms with van der Waals surface area (Å²) in [5.74, 6) is -3.43. The first-order chi connectivity index (χ1) is 10.9. The molecule has 1 amide bonds. The zero-order chi connectivity index (χ0) is 16.7. The third-order valence-electron chi connectivity index (χ3n) is 4.16. The van der Waals surface area contributed by atoms with Crippen molar-refractivity contribution < 1.29 is 24.4 Å². The molecule has 23 heavy (non-hydrogen) atoms. The van der Waals surface area contributed by atoms with Gasteiger partial charge in [-0.15, -0.1) is 0 Å². The Morgan fingerprint density at radius 2 is 1.91 bits per heavy atom. The minimum atomic E-state index is -1.10. The number of ether oxygens (including phenoxy) is 1. The fraction of sp³-hybridized carbons (Fsp3) is 0.333. The summed E-state index contributed by atoms with van der Waals surface area (Å²) in [6.45, 7) is 1.60. The molecule has 1 fully saturated rings. The molecule has 0 aliphatic carbocycles. The molecule has 2 heterocycles. The molecule has 8 nitrogen and oxygen atoms in total. The number of rotatable bonds is 4. The Morgan fingerprint density at radius 1 is 1.26 bits per heavy atom. The molecule has 1 aromatic rings. The summed E-state index contributed by atoms with van der Waals surface area (Å²) in [5.41, 5.74) is 0.618. The van der Waals surface area contributed by atoms with Crippen LogP contribution < -0.4 is 5.32 Å². The van der Waals surface area contributed by atoms with Crippen LogP contribution in [0.1, 0.15) is 5.56 Å². The van der Waals surface area contributed by atoms with E-state index in [4.69, 9.17) is 4.74 Å². The molecule has 0 spiro atoms. The quantitative estimate of drug-likeness (QED) is 0.493. The van der Waals surface area contributed by atoms with Gasteiger partial charge >= 0.3 is 5.97 Å². The van der Waals surface area contributed by atoms with Crippen molar-refractivity contribution in [3.63, 3.8) is 0 Å². The van der Waals surface area contributed by atoms with E-state index in [-0.39, 0.29) is 11.4 Å². The van der Waals surface area contributed by atoms with Gasteiger partial charge in [0.2, 0.25) is 5.91 Å². The minimum Gasteiger partial charge on any atom is -0.481 e.